The topological polar surface area (TPSA) is 65.8 Å². The van der Waals surface area contributed by atoms with E-state index in [1.54, 1.807) is 0 Å². The van der Waals surface area contributed by atoms with Gasteiger partial charge in [-0.2, -0.15) is 0 Å². The monoisotopic (exact) mass is 87.0 g/mol. The lowest BCUT2D eigenvalue weighted by molar-refractivity contribution is -0.0979. The van der Waals surface area contributed by atoms with Gasteiger partial charge in [-0.3, -0.25) is 0 Å². The fourth-order valence-electron chi connectivity index (χ4n) is 0. The lowest BCUT2D eigenvalue weighted by Gasteiger charge is -1.35. The third kappa shape index (κ3) is 29200. The SMILES string of the molecule is C=O.CN=[N+]=[N-]. The van der Waals surface area contributed by atoms with Crippen molar-refractivity contribution in [1.29, 1.82) is 0 Å². The average molecular weight is 87.1 g/mol. The highest BCUT2D eigenvalue weighted by Crippen LogP contribution is 1.46. The van der Waals surface area contributed by atoms with Crippen molar-refractivity contribution in [3.63, 3.8) is 0 Å². The van der Waals surface area contributed by atoms with Crippen LogP contribution in [-0.4, -0.2) is 13.8 Å². The Balaban J connectivity index is 0. The van der Waals surface area contributed by atoms with Crippen molar-refractivity contribution in [3.05, 3.63) is 10.4 Å². The highest BCUT2D eigenvalue weighted by molar-refractivity contribution is 5.10. The van der Waals surface area contributed by atoms with Crippen LogP contribution in [0, 0.1) is 0 Å². The van der Waals surface area contributed by atoms with Crippen LogP contribution in [0.1, 0.15) is 0 Å². The van der Waals surface area contributed by atoms with Crippen LogP contribution in [0.15, 0.2) is 5.11 Å². The smallest absolute Gasteiger partial charge is 0.106 e. The summed E-state index contributed by atoms with van der Waals surface area (Å²) in [7, 11) is 1.39. The molecule has 0 aliphatic heterocycles. The molecule has 0 fully saturated rings. The quantitative estimate of drug-likeness (QED) is 0.244. The van der Waals surface area contributed by atoms with Gasteiger partial charge in [0.25, 0.3) is 0 Å². The number of carbonyl (C=O) groups is 1. The zero-order valence-electron chi connectivity index (χ0n) is 3.46. The standard InChI is InChI=1S/CH3N3.CH2O/c1-3-4-2;1-2/h1H3;1H2. The molecule has 34 valence electrons. The Kier molecular flexibility index (Phi) is 54.5. The van der Waals surface area contributed by atoms with Crippen molar-refractivity contribution < 1.29 is 4.79 Å². The van der Waals surface area contributed by atoms with E-state index >= 15 is 0 Å². The lowest BCUT2D eigenvalue weighted by Crippen LogP contribution is -1.22. The van der Waals surface area contributed by atoms with Gasteiger partial charge in [0, 0.05) is 12.0 Å². The molecule has 0 aliphatic carbocycles. The minimum atomic E-state index is 1.39. The Morgan fingerprint density at radius 2 is 2.00 bits per heavy atom. The second-order valence-electron chi connectivity index (χ2n) is 0.289. The first-order chi connectivity index (χ1) is 2.91. The minimum absolute atomic E-state index is 1.39. The van der Waals surface area contributed by atoms with E-state index in [-0.39, 0.29) is 0 Å². The molecule has 4 heteroatoms. The van der Waals surface area contributed by atoms with Gasteiger partial charge in [0.15, 0.2) is 0 Å². The van der Waals surface area contributed by atoms with E-state index < -0.39 is 0 Å². The molecule has 6 heavy (non-hydrogen) atoms. The predicted octanol–water partition coefficient (Wildman–Crippen LogP) is 0.742. The van der Waals surface area contributed by atoms with E-state index in [0.717, 1.165) is 0 Å². The molecule has 0 rings (SSSR count). The second kappa shape index (κ2) is 36.8. The number of rotatable bonds is 0. The molecule has 0 aromatic carbocycles. The van der Waals surface area contributed by atoms with Crippen molar-refractivity contribution in [2.45, 2.75) is 0 Å². The Hall–Kier alpha value is -1.02. The third-order valence-corrected chi connectivity index (χ3v) is 0.0894. The van der Waals surface area contributed by atoms with Crippen LogP contribution >= 0.6 is 0 Å². The van der Waals surface area contributed by atoms with E-state index in [1.807, 2.05) is 6.79 Å². The molecule has 4 nitrogen and oxygen atoms in total. The zero-order valence-corrected chi connectivity index (χ0v) is 3.46. The van der Waals surface area contributed by atoms with E-state index in [4.69, 9.17) is 10.3 Å². The van der Waals surface area contributed by atoms with Crippen LogP contribution in [0.2, 0.25) is 0 Å². The molecule has 0 spiro atoms. The second-order valence-corrected chi connectivity index (χ2v) is 0.289. The Morgan fingerprint density at radius 3 is 2.00 bits per heavy atom. The Bertz CT molecular complexity index is 55.8. The number of carbonyl (C=O) groups excluding carboxylic acids is 1. The maximum absolute atomic E-state index is 8.00. The van der Waals surface area contributed by atoms with E-state index in [0.29, 0.717) is 0 Å². The summed E-state index contributed by atoms with van der Waals surface area (Å²) in [5, 5.41) is 2.92. The average Bonchev–Trinajstić information content (AvgIpc) is 1.72. The summed E-state index contributed by atoms with van der Waals surface area (Å²) in [5.74, 6) is 0. The van der Waals surface area contributed by atoms with Gasteiger partial charge >= 0.3 is 0 Å². The van der Waals surface area contributed by atoms with Crippen LogP contribution < -0.4 is 0 Å². The number of hydrogen-bond donors (Lipinski definition) is 0. The summed E-state index contributed by atoms with van der Waals surface area (Å²) in [6, 6.07) is 0. The molecule has 0 saturated carbocycles. The summed E-state index contributed by atoms with van der Waals surface area (Å²) in [6.07, 6.45) is 0. The first kappa shape index (κ1) is 8.88. The fourth-order valence-corrected chi connectivity index (χ4v) is 0. The van der Waals surface area contributed by atoms with Crippen molar-refractivity contribution >= 4 is 6.79 Å². The van der Waals surface area contributed by atoms with Crippen LogP contribution in [0.5, 0.6) is 0 Å². The maximum atomic E-state index is 8.00. The number of nitrogens with zero attached hydrogens (tertiary/aromatic N) is 3. The summed E-state index contributed by atoms with van der Waals surface area (Å²) < 4.78 is 0. The molecule has 0 amide bonds. The first-order valence-electron chi connectivity index (χ1n) is 1.14. The molecule has 0 unspecified atom stereocenters. The van der Waals surface area contributed by atoms with Gasteiger partial charge in [-0.15, -0.1) is 0 Å². The van der Waals surface area contributed by atoms with Gasteiger partial charge in [0.1, 0.15) is 6.79 Å². The normalized spacial score (nSPS) is 3.50. The van der Waals surface area contributed by atoms with Gasteiger partial charge < -0.3 is 4.79 Å². The highest BCUT2D eigenvalue weighted by Gasteiger charge is 1.27. The molecule has 0 atom stereocenters. The van der Waals surface area contributed by atoms with Crippen LogP contribution in [0.25, 0.3) is 10.4 Å². The summed E-state index contributed by atoms with van der Waals surface area (Å²) in [5.41, 5.74) is 7.33. The van der Waals surface area contributed by atoms with E-state index in [2.05, 4.69) is 10.0 Å². The number of hydrogen-bond acceptors (Lipinski definition) is 2. The Morgan fingerprint density at radius 1 is 1.83 bits per heavy atom. The van der Waals surface area contributed by atoms with Gasteiger partial charge in [0.05, 0.1) is 0 Å². The van der Waals surface area contributed by atoms with Crippen LogP contribution in [-0.2, 0) is 4.79 Å². The minimum Gasteiger partial charge on any atom is -0.307 e. The summed E-state index contributed by atoms with van der Waals surface area (Å²) >= 11 is 0. The predicted molar refractivity (Wildman–Crippen MR) is 22.2 cm³/mol. The fraction of sp³-hybridized carbons (Fsp3) is 0.500. The molecule has 0 aromatic rings. The molecular weight excluding hydrogens is 82.0 g/mol. The maximum Gasteiger partial charge on any atom is 0.106 e. The first-order valence-corrected chi connectivity index (χ1v) is 1.14. The van der Waals surface area contributed by atoms with Gasteiger partial charge in [-0.05, 0) is 5.53 Å². The van der Waals surface area contributed by atoms with Gasteiger partial charge in [-0.1, -0.05) is 5.11 Å². The van der Waals surface area contributed by atoms with Crippen LogP contribution in [0.3, 0.4) is 0 Å². The molecule has 0 N–H and O–H groups in total. The van der Waals surface area contributed by atoms with Crippen molar-refractivity contribution in [2.75, 3.05) is 7.05 Å². The van der Waals surface area contributed by atoms with Crippen LogP contribution in [0.4, 0.5) is 0 Å². The summed E-state index contributed by atoms with van der Waals surface area (Å²) in [4.78, 5) is 10.4. The van der Waals surface area contributed by atoms with Crippen molar-refractivity contribution in [1.82, 2.24) is 0 Å². The number of azide groups is 1. The molecule has 0 heterocycles. The van der Waals surface area contributed by atoms with Gasteiger partial charge in [0.2, 0.25) is 0 Å². The van der Waals surface area contributed by atoms with Gasteiger partial charge in [-0.25, -0.2) is 0 Å². The molecule has 0 saturated heterocycles. The third-order valence-electron chi connectivity index (χ3n) is 0.0894. The largest absolute Gasteiger partial charge is 0.307 e. The molecule has 0 bridgehead atoms. The molecule has 0 aromatic heterocycles. The van der Waals surface area contributed by atoms with Crippen molar-refractivity contribution in [2.24, 2.45) is 5.11 Å². The molecule has 0 radical (unpaired) electrons. The van der Waals surface area contributed by atoms with E-state index in [1.165, 1.54) is 7.05 Å². The molecular formula is C2H5N3O. The Labute approximate surface area is 35.4 Å². The highest BCUT2D eigenvalue weighted by atomic mass is 16.1. The summed E-state index contributed by atoms with van der Waals surface area (Å²) in [6.45, 7) is 2.00. The van der Waals surface area contributed by atoms with E-state index in [9.17, 15) is 0 Å². The zero-order chi connectivity index (χ0) is 5.41. The van der Waals surface area contributed by atoms with Crippen molar-refractivity contribution in [3.8, 4) is 0 Å². The lowest BCUT2D eigenvalue weighted by atomic mass is 11.6. The molecule has 0 aliphatic rings.